The van der Waals surface area contributed by atoms with Crippen LogP contribution in [0.25, 0.3) is 11.6 Å². The van der Waals surface area contributed by atoms with Gasteiger partial charge in [-0.25, -0.2) is 4.98 Å². The summed E-state index contributed by atoms with van der Waals surface area (Å²) >= 11 is 0. The number of aromatic nitrogens is 3. The maximum atomic E-state index is 11.9. The molecule has 0 bridgehead atoms. The van der Waals surface area contributed by atoms with E-state index in [0.717, 1.165) is 12.0 Å². The van der Waals surface area contributed by atoms with Crippen LogP contribution in [-0.4, -0.2) is 27.0 Å². The molecule has 0 aliphatic rings. The van der Waals surface area contributed by atoms with Crippen LogP contribution in [0.2, 0.25) is 0 Å². The number of hydrogen-bond donors (Lipinski definition) is 3. The molecule has 2 heterocycles. The van der Waals surface area contributed by atoms with Crippen LogP contribution in [0.15, 0.2) is 47.1 Å². The number of nitrogens with one attached hydrogen (secondary N) is 3. The third-order valence-corrected chi connectivity index (χ3v) is 3.52. The molecule has 0 unspecified atom stereocenters. The van der Waals surface area contributed by atoms with Crippen molar-refractivity contribution in [1.82, 2.24) is 20.5 Å². The molecule has 3 aromatic rings. The smallest absolute Gasteiger partial charge is 0.313 e. The van der Waals surface area contributed by atoms with Gasteiger partial charge in [-0.2, -0.15) is 0 Å². The Labute approximate surface area is 143 Å². The van der Waals surface area contributed by atoms with E-state index >= 15 is 0 Å². The molecule has 0 aliphatic heterocycles. The predicted octanol–water partition coefficient (Wildman–Crippen LogP) is 1.88. The summed E-state index contributed by atoms with van der Waals surface area (Å²) in [6, 6.07) is 10.8. The van der Waals surface area contributed by atoms with Gasteiger partial charge in [0.05, 0.1) is 12.8 Å². The molecule has 2 aromatic heterocycles. The molecule has 1 aromatic carbocycles. The summed E-state index contributed by atoms with van der Waals surface area (Å²) in [5.41, 5.74) is 1.72. The molecule has 0 aliphatic carbocycles. The Bertz CT molecular complexity index is 853. The fourth-order valence-corrected chi connectivity index (χ4v) is 2.15. The molecule has 3 N–H and O–H groups in total. The maximum absolute atomic E-state index is 11.9. The average Bonchev–Trinajstić information content (AvgIpc) is 3.31. The summed E-state index contributed by atoms with van der Waals surface area (Å²) in [6.45, 7) is 2.09. The number of H-pyrrole nitrogens is 1. The van der Waals surface area contributed by atoms with Crippen LogP contribution < -0.4 is 10.6 Å². The fourth-order valence-electron chi connectivity index (χ4n) is 2.15. The first-order valence-corrected chi connectivity index (χ1v) is 7.79. The lowest BCUT2D eigenvalue weighted by molar-refractivity contribution is -0.136. The topological polar surface area (TPSA) is 113 Å². The monoisotopic (exact) mass is 339 g/mol. The highest BCUT2D eigenvalue weighted by Crippen LogP contribution is 2.14. The Morgan fingerprint density at radius 3 is 2.64 bits per heavy atom. The summed E-state index contributed by atoms with van der Waals surface area (Å²) in [5.74, 6) is -0.179. The lowest BCUT2D eigenvalue weighted by Gasteiger charge is -2.06. The highest BCUT2D eigenvalue weighted by Gasteiger charge is 2.15. The van der Waals surface area contributed by atoms with Crippen LogP contribution in [0, 0.1) is 0 Å². The summed E-state index contributed by atoms with van der Waals surface area (Å²) in [5, 5.41) is 11.7. The van der Waals surface area contributed by atoms with Gasteiger partial charge < -0.3 is 15.1 Å². The predicted molar refractivity (Wildman–Crippen MR) is 90.4 cm³/mol. The van der Waals surface area contributed by atoms with E-state index in [-0.39, 0.29) is 6.54 Å². The van der Waals surface area contributed by atoms with E-state index in [4.69, 9.17) is 4.42 Å². The summed E-state index contributed by atoms with van der Waals surface area (Å²) < 4.78 is 5.18. The molecule has 25 heavy (non-hydrogen) atoms. The lowest BCUT2D eigenvalue weighted by atomic mass is 10.1. The number of nitrogens with zero attached hydrogens (tertiary/aromatic N) is 2. The van der Waals surface area contributed by atoms with Gasteiger partial charge in [-0.05, 0) is 36.2 Å². The van der Waals surface area contributed by atoms with Gasteiger partial charge in [0.1, 0.15) is 5.82 Å². The first kappa shape index (κ1) is 16.4. The molecule has 128 valence electrons. The molecule has 2 amide bonds. The van der Waals surface area contributed by atoms with Crippen LogP contribution in [-0.2, 0) is 22.6 Å². The molecule has 0 saturated heterocycles. The van der Waals surface area contributed by atoms with Gasteiger partial charge >= 0.3 is 11.8 Å². The van der Waals surface area contributed by atoms with Gasteiger partial charge in [0, 0.05) is 5.69 Å². The van der Waals surface area contributed by atoms with Gasteiger partial charge in [0.2, 0.25) is 5.82 Å². The van der Waals surface area contributed by atoms with E-state index in [2.05, 4.69) is 25.8 Å². The van der Waals surface area contributed by atoms with Crippen molar-refractivity contribution in [3.63, 3.8) is 0 Å². The molecule has 3 rings (SSSR count). The van der Waals surface area contributed by atoms with Crippen LogP contribution >= 0.6 is 0 Å². The van der Waals surface area contributed by atoms with Crippen molar-refractivity contribution in [3.8, 4) is 11.6 Å². The minimum absolute atomic E-state index is 0.0503. The van der Waals surface area contributed by atoms with Crippen molar-refractivity contribution in [1.29, 1.82) is 0 Å². The standard InChI is InChI=1S/C17H17N5O3/c1-2-11-5-7-12(8-6-11)19-17(24)16(23)18-10-14-20-15(22-21-14)13-4-3-9-25-13/h3-9H,2,10H2,1H3,(H,18,23)(H,19,24)(H,20,21,22). The highest BCUT2D eigenvalue weighted by molar-refractivity contribution is 6.39. The lowest BCUT2D eigenvalue weighted by Crippen LogP contribution is -2.35. The van der Waals surface area contributed by atoms with Crippen LogP contribution in [0.4, 0.5) is 5.69 Å². The van der Waals surface area contributed by atoms with Crippen molar-refractivity contribution < 1.29 is 14.0 Å². The molecular formula is C17H17N5O3. The number of aryl methyl sites for hydroxylation is 1. The average molecular weight is 339 g/mol. The number of amides is 2. The largest absolute Gasteiger partial charge is 0.461 e. The Hall–Kier alpha value is -3.42. The van der Waals surface area contributed by atoms with E-state index in [1.54, 1.807) is 24.3 Å². The van der Waals surface area contributed by atoms with Gasteiger partial charge in [0.25, 0.3) is 0 Å². The number of carbonyl (C=O) groups is 2. The van der Waals surface area contributed by atoms with Crippen molar-refractivity contribution in [2.24, 2.45) is 0 Å². The molecule has 0 saturated carbocycles. The molecule has 8 nitrogen and oxygen atoms in total. The summed E-state index contributed by atoms with van der Waals surface area (Å²) in [7, 11) is 0. The van der Waals surface area contributed by atoms with Gasteiger partial charge in [-0.15, -0.1) is 5.10 Å². The Kier molecular flexibility index (Phi) is 4.89. The zero-order valence-corrected chi connectivity index (χ0v) is 13.6. The third kappa shape index (κ3) is 4.11. The van der Waals surface area contributed by atoms with Gasteiger partial charge in [0.15, 0.2) is 5.76 Å². The van der Waals surface area contributed by atoms with Crippen LogP contribution in [0.5, 0.6) is 0 Å². The molecular weight excluding hydrogens is 322 g/mol. The second kappa shape index (κ2) is 7.43. The van der Waals surface area contributed by atoms with E-state index in [1.807, 2.05) is 19.1 Å². The number of furan rings is 1. The summed E-state index contributed by atoms with van der Waals surface area (Å²) in [6.07, 6.45) is 2.43. The third-order valence-electron chi connectivity index (χ3n) is 3.52. The van der Waals surface area contributed by atoms with Gasteiger partial charge in [-0.1, -0.05) is 19.1 Å². The summed E-state index contributed by atoms with van der Waals surface area (Å²) in [4.78, 5) is 28.0. The molecule has 8 heteroatoms. The first-order valence-electron chi connectivity index (χ1n) is 7.79. The number of benzene rings is 1. The second-order valence-corrected chi connectivity index (χ2v) is 5.27. The van der Waals surface area contributed by atoms with E-state index in [9.17, 15) is 9.59 Å². The second-order valence-electron chi connectivity index (χ2n) is 5.27. The Morgan fingerprint density at radius 2 is 1.96 bits per heavy atom. The van der Waals surface area contributed by atoms with Gasteiger partial charge in [-0.3, -0.25) is 14.7 Å². The minimum Gasteiger partial charge on any atom is -0.461 e. The van der Waals surface area contributed by atoms with Crippen LogP contribution in [0.1, 0.15) is 18.3 Å². The highest BCUT2D eigenvalue weighted by atomic mass is 16.3. The SMILES string of the molecule is CCc1ccc(NC(=O)C(=O)NCc2nc(-c3ccco3)n[nH]2)cc1. The number of rotatable bonds is 5. The van der Waals surface area contributed by atoms with E-state index in [0.29, 0.717) is 23.1 Å². The van der Waals surface area contributed by atoms with Crippen LogP contribution in [0.3, 0.4) is 0 Å². The number of hydrogen-bond acceptors (Lipinski definition) is 5. The van der Waals surface area contributed by atoms with Crippen molar-refractivity contribution in [3.05, 3.63) is 54.0 Å². The first-order chi connectivity index (χ1) is 12.2. The Morgan fingerprint density at radius 1 is 1.16 bits per heavy atom. The fraction of sp³-hybridized carbons (Fsp3) is 0.176. The molecule has 0 atom stereocenters. The zero-order valence-electron chi connectivity index (χ0n) is 13.6. The van der Waals surface area contributed by atoms with Crippen molar-refractivity contribution >= 4 is 17.5 Å². The van der Waals surface area contributed by atoms with E-state index < -0.39 is 11.8 Å². The number of carbonyl (C=O) groups excluding carboxylic acids is 2. The Balaban J connectivity index is 1.52. The minimum atomic E-state index is -0.754. The zero-order chi connectivity index (χ0) is 17.6. The number of aromatic amines is 1. The normalized spacial score (nSPS) is 10.4. The van der Waals surface area contributed by atoms with Crippen molar-refractivity contribution in [2.75, 3.05) is 5.32 Å². The van der Waals surface area contributed by atoms with E-state index in [1.165, 1.54) is 6.26 Å². The quantitative estimate of drug-likeness (QED) is 0.614. The van der Waals surface area contributed by atoms with Crippen molar-refractivity contribution in [2.45, 2.75) is 19.9 Å². The number of anilines is 1. The molecule has 0 fully saturated rings. The molecule has 0 radical (unpaired) electrons. The molecule has 0 spiro atoms. The maximum Gasteiger partial charge on any atom is 0.313 e.